The van der Waals surface area contributed by atoms with Crippen LogP contribution in [0, 0.1) is 0 Å². The summed E-state index contributed by atoms with van der Waals surface area (Å²) in [5.41, 5.74) is 0. The van der Waals surface area contributed by atoms with Gasteiger partial charge in [-0.3, -0.25) is 0 Å². The summed E-state index contributed by atoms with van der Waals surface area (Å²) in [6.45, 7) is 8.42. The van der Waals surface area contributed by atoms with Gasteiger partial charge in [0.1, 0.15) is 0 Å². The van der Waals surface area contributed by atoms with Crippen LogP contribution in [-0.2, 0) is 4.74 Å². The predicted octanol–water partition coefficient (Wildman–Crippen LogP) is 1.32. The van der Waals surface area contributed by atoms with Gasteiger partial charge in [-0.05, 0) is 20.3 Å². The number of hydrogen-bond acceptors (Lipinski definition) is 7. The minimum atomic E-state index is 0.170. The van der Waals surface area contributed by atoms with Crippen LogP contribution in [0.5, 0.6) is 6.01 Å². The third-order valence-corrected chi connectivity index (χ3v) is 3.32. The van der Waals surface area contributed by atoms with Crippen LogP contribution in [0.1, 0.15) is 27.2 Å². The van der Waals surface area contributed by atoms with Gasteiger partial charge in [0.25, 0.3) is 0 Å². The molecule has 2 atom stereocenters. The molecule has 1 aliphatic heterocycles. The van der Waals surface area contributed by atoms with E-state index in [2.05, 4.69) is 39.0 Å². The van der Waals surface area contributed by atoms with Crippen molar-refractivity contribution in [2.24, 2.45) is 0 Å². The van der Waals surface area contributed by atoms with Crippen molar-refractivity contribution in [2.75, 3.05) is 37.0 Å². The molecule has 0 saturated carbocycles. The van der Waals surface area contributed by atoms with Gasteiger partial charge in [0.2, 0.25) is 11.9 Å². The van der Waals surface area contributed by atoms with Gasteiger partial charge in [-0.25, -0.2) is 0 Å². The fourth-order valence-electron chi connectivity index (χ4n) is 2.23. The van der Waals surface area contributed by atoms with E-state index in [0.717, 1.165) is 19.5 Å². The maximum absolute atomic E-state index is 5.71. The second kappa shape index (κ2) is 6.69. The first-order valence-electron chi connectivity index (χ1n) is 7.10. The van der Waals surface area contributed by atoms with E-state index in [1.54, 1.807) is 7.11 Å². The summed E-state index contributed by atoms with van der Waals surface area (Å²) in [5, 5.41) is 3.11. The molecule has 1 aromatic heterocycles. The molecule has 0 aliphatic carbocycles. The lowest BCUT2D eigenvalue weighted by Crippen LogP contribution is -2.49. The van der Waals surface area contributed by atoms with Crippen molar-refractivity contribution >= 4 is 11.9 Å². The van der Waals surface area contributed by atoms with Gasteiger partial charge in [0.15, 0.2) is 0 Å². The molecule has 2 unspecified atom stereocenters. The van der Waals surface area contributed by atoms with Gasteiger partial charge in [-0.15, -0.1) is 0 Å². The second-order valence-electron chi connectivity index (χ2n) is 4.83. The Hall–Kier alpha value is -1.63. The zero-order chi connectivity index (χ0) is 14.5. The maximum atomic E-state index is 5.71. The van der Waals surface area contributed by atoms with Crippen LogP contribution in [0.3, 0.4) is 0 Å². The number of nitrogens with one attached hydrogen (secondary N) is 1. The number of methoxy groups -OCH3 is 1. The van der Waals surface area contributed by atoms with Crippen molar-refractivity contribution in [3.05, 3.63) is 0 Å². The summed E-state index contributed by atoms with van der Waals surface area (Å²) >= 11 is 0. The molecule has 2 rings (SSSR count). The monoisotopic (exact) mass is 281 g/mol. The van der Waals surface area contributed by atoms with Crippen LogP contribution in [-0.4, -0.2) is 53.9 Å². The van der Waals surface area contributed by atoms with Crippen LogP contribution in [0.2, 0.25) is 0 Å². The van der Waals surface area contributed by atoms with E-state index < -0.39 is 0 Å². The number of rotatable bonds is 5. The Balaban J connectivity index is 2.30. The predicted molar refractivity (Wildman–Crippen MR) is 77.4 cm³/mol. The Morgan fingerprint density at radius 3 is 2.80 bits per heavy atom. The first kappa shape index (κ1) is 14.8. The molecule has 7 heteroatoms. The molecule has 1 aromatic rings. The van der Waals surface area contributed by atoms with Crippen molar-refractivity contribution in [1.82, 2.24) is 15.0 Å². The highest BCUT2D eigenvalue weighted by Gasteiger charge is 2.28. The van der Waals surface area contributed by atoms with Crippen LogP contribution in [0.4, 0.5) is 11.9 Å². The standard InChI is InChI=1S/C13H23N5O2/c1-5-10-8-20-9(3)7-18(10)12-15-11(14-6-2)16-13(17-12)19-4/h9-10H,5-8H2,1-4H3,(H,14,15,16,17). The number of nitrogens with zero attached hydrogens (tertiary/aromatic N) is 4. The molecular formula is C13H23N5O2. The van der Waals surface area contributed by atoms with Crippen molar-refractivity contribution in [1.29, 1.82) is 0 Å². The molecule has 2 heterocycles. The van der Waals surface area contributed by atoms with E-state index >= 15 is 0 Å². The summed E-state index contributed by atoms with van der Waals surface area (Å²) in [7, 11) is 1.56. The summed E-state index contributed by atoms with van der Waals surface area (Å²) < 4.78 is 10.9. The van der Waals surface area contributed by atoms with Crippen molar-refractivity contribution in [2.45, 2.75) is 39.3 Å². The lowest BCUT2D eigenvalue weighted by atomic mass is 10.1. The summed E-state index contributed by atoms with van der Waals surface area (Å²) in [4.78, 5) is 15.2. The van der Waals surface area contributed by atoms with E-state index in [1.165, 1.54) is 0 Å². The number of hydrogen-bond donors (Lipinski definition) is 1. The average molecular weight is 281 g/mol. The fraction of sp³-hybridized carbons (Fsp3) is 0.769. The average Bonchev–Trinajstić information content (AvgIpc) is 2.47. The highest BCUT2D eigenvalue weighted by molar-refractivity contribution is 5.40. The van der Waals surface area contributed by atoms with Crippen LogP contribution in [0.15, 0.2) is 0 Å². The van der Waals surface area contributed by atoms with Gasteiger partial charge in [-0.2, -0.15) is 15.0 Å². The Labute approximate surface area is 119 Å². The third-order valence-electron chi connectivity index (χ3n) is 3.32. The first-order valence-corrected chi connectivity index (χ1v) is 7.10. The first-order chi connectivity index (χ1) is 9.67. The van der Waals surface area contributed by atoms with Gasteiger partial charge in [-0.1, -0.05) is 6.92 Å². The van der Waals surface area contributed by atoms with Gasteiger partial charge in [0.05, 0.1) is 25.9 Å². The largest absolute Gasteiger partial charge is 0.467 e. The van der Waals surface area contributed by atoms with Gasteiger partial charge in [0, 0.05) is 13.1 Å². The third kappa shape index (κ3) is 3.27. The molecule has 1 saturated heterocycles. The Kier molecular flexibility index (Phi) is 4.94. The quantitative estimate of drug-likeness (QED) is 0.872. The molecule has 1 fully saturated rings. The number of ether oxygens (including phenoxy) is 2. The summed E-state index contributed by atoms with van der Waals surface area (Å²) in [5.74, 6) is 1.19. The molecular weight excluding hydrogens is 258 g/mol. The zero-order valence-electron chi connectivity index (χ0n) is 12.6. The van der Waals surface area contributed by atoms with Crippen molar-refractivity contribution < 1.29 is 9.47 Å². The second-order valence-corrected chi connectivity index (χ2v) is 4.83. The molecule has 0 spiro atoms. The van der Waals surface area contributed by atoms with E-state index in [9.17, 15) is 0 Å². The molecule has 1 N–H and O–H groups in total. The van der Waals surface area contributed by atoms with Crippen LogP contribution >= 0.6 is 0 Å². The Morgan fingerprint density at radius 2 is 2.15 bits per heavy atom. The smallest absolute Gasteiger partial charge is 0.322 e. The molecule has 7 nitrogen and oxygen atoms in total. The van der Waals surface area contributed by atoms with E-state index in [0.29, 0.717) is 24.5 Å². The number of aromatic nitrogens is 3. The number of morpholine rings is 1. The molecule has 0 amide bonds. The van der Waals surface area contributed by atoms with E-state index in [4.69, 9.17) is 9.47 Å². The van der Waals surface area contributed by atoms with Gasteiger partial charge < -0.3 is 19.7 Å². The molecule has 112 valence electrons. The lowest BCUT2D eigenvalue weighted by molar-refractivity contribution is 0.0292. The van der Waals surface area contributed by atoms with E-state index in [1.807, 2.05) is 6.92 Å². The molecule has 0 aromatic carbocycles. The highest BCUT2D eigenvalue weighted by Crippen LogP contribution is 2.22. The normalized spacial score (nSPS) is 22.7. The number of anilines is 2. The lowest BCUT2D eigenvalue weighted by Gasteiger charge is -2.38. The summed E-state index contributed by atoms with van der Waals surface area (Å²) in [6.07, 6.45) is 1.15. The Bertz CT molecular complexity index is 443. The van der Waals surface area contributed by atoms with Crippen molar-refractivity contribution in [3.63, 3.8) is 0 Å². The van der Waals surface area contributed by atoms with Crippen LogP contribution < -0.4 is 15.0 Å². The van der Waals surface area contributed by atoms with Crippen molar-refractivity contribution in [3.8, 4) is 6.01 Å². The molecule has 1 aliphatic rings. The highest BCUT2D eigenvalue weighted by atomic mass is 16.5. The molecule has 20 heavy (non-hydrogen) atoms. The minimum absolute atomic E-state index is 0.170. The summed E-state index contributed by atoms with van der Waals surface area (Å²) in [6, 6.07) is 0.618. The maximum Gasteiger partial charge on any atom is 0.322 e. The Morgan fingerprint density at radius 1 is 1.35 bits per heavy atom. The molecule has 0 radical (unpaired) electrons. The zero-order valence-corrected chi connectivity index (χ0v) is 12.6. The van der Waals surface area contributed by atoms with Crippen LogP contribution in [0.25, 0.3) is 0 Å². The fourth-order valence-corrected chi connectivity index (χ4v) is 2.23. The topological polar surface area (TPSA) is 72.4 Å². The molecule has 0 bridgehead atoms. The SMILES string of the molecule is CCNc1nc(OC)nc(N2CC(C)OCC2CC)n1. The van der Waals surface area contributed by atoms with E-state index in [-0.39, 0.29) is 12.1 Å². The minimum Gasteiger partial charge on any atom is -0.467 e. The van der Waals surface area contributed by atoms with Gasteiger partial charge >= 0.3 is 6.01 Å².